The molecule has 132 valence electrons. The minimum Gasteiger partial charge on any atom is -0.492 e. The smallest absolute Gasteiger partial charge is 0.397 e. The quantitative estimate of drug-likeness (QED) is 0.438. The minimum atomic E-state index is -4.63. The maximum Gasteiger partial charge on any atom is 0.397 e. The Kier molecular flexibility index (Phi) is 7.28. The molecule has 1 aromatic rings. The molecule has 1 N–H and O–H groups in total. The normalized spacial score (nSPS) is 12.7. The van der Waals surface area contributed by atoms with Crippen LogP contribution in [0.2, 0.25) is 0 Å². The van der Waals surface area contributed by atoms with E-state index >= 15 is 0 Å². The van der Waals surface area contributed by atoms with Gasteiger partial charge in [-0.3, -0.25) is 4.55 Å². The van der Waals surface area contributed by atoms with Crippen LogP contribution < -0.4 is 15.2 Å². The average Bonchev–Trinajstić information content (AvgIpc) is 2.61. The lowest BCUT2D eigenvalue weighted by Crippen LogP contribution is -2.22. The third-order valence-electron chi connectivity index (χ3n) is 3.11. The van der Waals surface area contributed by atoms with Crippen molar-refractivity contribution in [2.24, 2.45) is 0 Å². The molecule has 0 saturated carbocycles. The van der Waals surface area contributed by atoms with Gasteiger partial charge in [0.2, 0.25) is 0 Å². The van der Waals surface area contributed by atoms with Gasteiger partial charge in [-0.2, -0.15) is 8.42 Å². The van der Waals surface area contributed by atoms with Gasteiger partial charge < -0.3 is 4.74 Å². The lowest BCUT2D eigenvalue weighted by Gasteiger charge is -2.10. The second-order valence-corrected chi connectivity index (χ2v) is 5.69. The van der Waals surface area contributed by atoms with E-state index in [-0.39, 0.29) is 29.0 Å². The third-order valence-corrected chi connectivity index (χ3v) is 3.57. The number of nitrogens with zero attached hydrogens (tertiary/aromatic N) is 4. The zero-order valence-electron chi connectivity index (χ0n) is 13.6. The van der Waals surface area contributed by atoms with Crippen molar-refractivity contribution in [2.45, 2.75) is 13.3 Å². The van der Waals surface area contributed by atoms with Gasteiger partial charge in [0, 0.05) is 5.22 Å². The standard InChI is InChI=1S/C16H12N4O5S/c1-4-11-7-13(15(10-18)20-3)16(8-12(11)14(9-17)19-2)24-5-6-25-26(21,22)23/h7-8H,4-6H2,1H3,(H,21,22,23). The predicted molar refractivity (Wildman–Crippen MR) is 89.3 cm³/mol. The molecule has 0 atom stereocenters. The summed E-state index contributed by atoms with van der Waals surface area (Å²) in [7, 11) is -4.63. The number of hydrogen-bond donors (Lipinski definition) is 1. The third kappa shape index (κ3) is 5.31. The van der Waals surface area contributed by atoms with Crippen LogP contribution in [0.25, 0.3) is 21.1 Å². The van der Waals surface area contributed by atoms with Crippen molar-refractivity contribution >= 4 is 21.8 Å². The molecule has 0 radical (unpaired) electrons. The lowest BCUT2D eigenvalue weighted by molar-refractivity contribution is 0.201. The van der Waals surface area contributed by atoms with Gasteiger partial charge in [0.25, 0.3) is 11.4 Å². The van der Waals surface area contributed by atoms with E-state index in [9.17, 15) is 8.42 Å². The molecule has 0 saturated heterocycles. The highest BCUT2D eigenvalue weighted by Crippen LogP contribution is 2.08. The number of nitriles is 2. The molecule has 0 aliphatic rings. The second kappa shape index (κ2) is 9.17. The summed E-state index contributed by atoms with van der Waals surface area (Å²) in [6.07, 6.45) is 0.436. The first-order chi connectivity index (χ1) is 12.3. The maximum atomic E-state index is 10.5. The topological polar surface area (TPSA) is 129 Å². The van der Waals surface area contributed by atoms with Gasteiger partial charge in [-0.15, -0.1) is 0 Å². The lowest BCUT2D eigenvalue weighted by atomic mass is 10.1. The molecular weight excluding hydrogens is 360 g/mol. The van der Waals surface area contributed by atoms with E-state index in [2.05, 4.69) is 13.9 Å². The highest BCUT2D eigenvalue weighted by Gasteiger charge is 2.10. The highest BCUT2D eigenvalue weighted by atomic mass is 32.3. The monoisotopic (exact) mass is 372 g/mol. The van der Waals surface area contributed by atoms with E-state index < -0.39 is 17.0 Å². The number of benzene rings is 1. The van der Waals surface area contributed by atoms with Gasteiger partial charge in [-0.05, 0) is 17.7 Å². The summed E-state index contributed by atoms with van der Waals surface area (Å²) in [6, 6.07) is 6.33. The van der Waals surface area contributed by atoms with Crippen molar-refractivity contribution in [2.75, 3.05) is 13.2 Å². The van der Waals surface area contributed by atoms with Crippen LogP contribution in [0.3, 0.4) is 0 Å². The van der Waals surface area contributed by atoms with Crippen LogP contribution in [0.4, 0.5) is 0 Å². The van der Waals surface area contributed by atoms with Crippen LogP contribution in [0.5, 0.6) is 5.75 Å². The Balaban J connectivity index is 3.59. The zero-order valence-corrected chi connectivity index (χ0v) is 14.4. The first-order valence-corrected chi connectivity index (χ1v) is 8.39. The van der Waals surface area contributed by atoms with Crippen molar-refractivity contribution in [3.63, 3.8) is 0 Å². The van der Waals surface area contributed by atoms with Crippen molar-refractivity contribution in [3.05, 3.63) is 51.0 Å². The van der Waals surface area contributed by atoms with Gasteiger partial charge in [0.05, 0.1) is 25.3 Å². The summed E-state index contributed by atoms with van der Waals surface area (Å²) >= 11 is 0. The Hall–Kier alpha value is -3.41. The van der Waals surface area contributed by atoms with E-state index in [0.717, 1.165) is 0 Å². The van der Waals surface area contributed by atoms with E-state index in [1.54, 1.807) is 19.1 Å². The Morgan fingerprint density at radius 1 is 1.15 bits per heavy atom. The summed E-state index contributed by atoms with van der Waals surface area (Å²) in [5, 5.41) is 18.7. The van der Waals surface area contributed by atoms with Crippen LogP contribution in [-0.2, 0) is 21.0 Å². The number of hydrogen-bond acceptors (Lipinski definition) is 6. The SMILES string of the molecule is [C-]#[N+]C(C#N)=c1cc(OCCOS(=O)(=O)O)c(=C(C#N)[N+]#[C-])cc1CC. The minimum absolute atomic E-state index is 0.0140. The van der Waals surface area contributed by atoms with E-state index in [0.29, 0.717) is 17.2 Å². The van der Waals surface area contributed by atoms with Crippen LogP contribution in [0.1, 0.15) is 12.5 Å². The predicted octanol–water partition coefficient (Wildman–Crippen LogP) is 0.549. The molecule has 0 bridgehead atoms. The molecule has 1 rings (SSSR count). The van der Waals surface area contributed by atoms with Crippen LogP contribution in [-0.4, -0.2) is 26.2 Å². The molecule has 0 spiro atoms. The summed E-state index contributed by atoms with van der Waals surface area (Å²) in [5.74, 6) is 0.0140. The summed E-state index contributed by atoms with van der Waals surface area (Å²) in [5.41, 5.74) is 0.123. The molecule has 9 nitrogen and oxygen atoms in total. The van der Waals surface area contributed by atoms with Gasteiger partial charge in [0.15, 0.2) is 0 Å². The molecule has 1 aromatic carbocycles. The first-order valence-electron chi connectivity index (χ1n) is 7.02. The highest BCUT2D eigenvalue weighted by molar-refractivity contribution is 7.80. The van der Waals surface area contributed by atoms with Crippen LogP contribution in [0.15, 0.2) is 12.1 Å². The molecule has 0 fully saturated rings. The number of rotatable bonds is 6. The fourth-order valence-electron chi connectivity index (χ4n) is 2.02. The van der Waals surface area contributed by atoms with Crippen molar-refractivity contribution < 1.29 is 21.9 Å². The Morgan fingerprint density at radius 2 is 1.73 bits per heavy atom. The van der Waals surface area contributed by atoms with Gasteiger partial charge in [-0.25, -0.2) is 24.4 Å². The molecule has 26 heavy (non-hydrogen) atoms. The van der Waals surface area contributed by atoms with Gasteiger partial charge >= 0.3 is 10.4 Å². The molecule has 0 unspecified atom stereocenters. The number of ether oxygens (including phenoxy) is 1. The largest absolute Gasteiger partial charge is 0.492 e. The van der Waals surface area contributed by atoms with Crippen LogP contribution in [0, 0.1) is 35.8 Å². The number of aryl methyl sites for hydroxylation is 1. The van der Waals surface area contributed by atoms with Gasteiger partial charge in [-0.1, -0.05) is 18.6 Å². The average molecular weight is 372 g/mol. The first kappa shape index (κ1) is 20.6. The zero-order chi connectivity index (χ0) is 19.7. The Bertz CT molecular complexity index is 1060. The summed E-state index contributed by atoms with van der Waals surface area (Å²) in [4.78, 5) is 6.27. The van der Waals surface area contributed by atoms with Crippen molar-refractivity contribution in [1.82, 2.24) is 0 Å². The Morgan fingerprint density at radius 3 is 2.19 bits per heavy atom. The van der Waals surface area contributed by atoms with E-state index in [1.165, 1.54) is 12.1 Å². The Labute approximate surface area is 150 Å². The maximum absolute atomic E-state index is 10.5. The molecular formula is C16H12N4O5S. The van der Waals surface area contributed by atoms with E-state index in [4.69, 9.17) is 33.0 Å². The molecule has 0 aliphatic heterocycles. The van der Waals surface area contributed by atoms with Gasteiger partial charge in [0.1, 0.15) is 19.0 Å². The van der Waals surface area contributed by atoms with E-state index in [1.807, 2.05) is 0 Å². The summed E-state index contributed by atoms with van der Waals surface area (Å²) in [6.45, 7) is 15.1. The fraction of sp³-hybridized carbons (Fsp3) is 0.250. The molecule has 0 aromatic heterocycles. The molecule has 10 heteroatoms. The van der Waals surface area contributed by atoms with Crippen molar-refractivity contribution in [1.29, 1.82) is 10.5 Å². The van der Waals surface area contributed by atoms with Crippen molar-refractivity contribution in [3.8, 4) is 17.9 Å². The molecule has 0 aliphatic carbocycles. The van der Waals surface area contributed by atoms with Crippen LogP contribution >= 0.6 is 0 Å². The molecule has 0 heterocycles. The fourth-order valence-corrected chi connectivity index (χ4v) is 2.30. The molecule has 0 amide bonds. The summed E-state index contributed by atoms with van der Waals surface area (Å²) < 4.78 is 39.1. The second-order valence-electron chi connectivity index (χ2n) is 4.60.